The highest BCUT2D eigenvalue weighted by molar-refractivity contribution is 9.10. The summed E-state index contributed by atoms with van der Waals surface area (Å²) in [6.45, 7) is 0.0891. The lowest BCUT2D eigenvalue weighted by Gasteiger charge is -2.16. The van der Waals surface area contributed by atoms with Gasteiger partial charge in [-0.25, -0.2) is 4.39 Å². The summed E-state index contributed by atoms with van der Waals surface area (Å²) in [5, 5.41) is 8.49. The molecule has 0 heterocycles. The van der Waals surface area contributed by atoms with Crippen molar-refractivity contribution in [3.8, 4) is 0 Å². The van der Waals surface area contributed by atoms with Gasteiger partial charge in [0, 0.05) is 19.2 Å². The van der Waals surface area contributed by atoms with Gasteiger partial charge in [0.15, 0.2) is 0 Å². The van der Waals surface area contributed by atoms with Gasteiger partial charge in [0.2, 0.25) is 0 Å². The van der Waals surface area contributed by atoms with E-state index < -0.39 is 17.7 Å². The molecule has 0 aromatic heterocycles. The summed E-state index contributed by atoms with van der Waals surface area (Å²) >= 11 is 2.99. The zero-order valence-corrected chi connectivity index (χ0v) is 10.7. The first-order valence-corrected chi connectivity index (χ1v) is 5.63. The van der Waals surface area contributed by atoms with Gasteiger partial charge in [-0.15, -0.1) is 0 Å². The van der Waals surface area contributed by atoms with Gasteiger partial charge in [-0.1, -0.05) is 0 Å². The van der Waals surface area contributed by atoms with Gasteiger partial charge in [-0.3, -0.25) is 9.59 Å². The lowest BCUT2D eigenvalue weighted by atomic mass is 10.2. The fourth-order valence-corrected chi connectivity index (χ4v) is 1.46. The normalized spacial score (nSPS) is 10.1. The van der Waals surface area contributed by atoms with Crippen molar-refractivity contribution in [2.45, 2.75) is 6.42 Å². The Morgan fingerprint density at radius 2 is 2.12 bits per heavy atom. The molecule has 0 unspecified atom stereocenters. The fraction of sp³-hybridized carbons (Fsp3) is 0.273. The largest absolute Gasteiger partial charge is 0.481 e. The van der Waals surface area contributed by atoms with Crippen molar-refractivity contribution in [1.29, 1.82) is 0 Å². The maximum Gasteiger partial charge on any atom is 0.305 e. The molecule has 0 aliphatic rings. The van der Waals surface area contributed by atoms with Gasteiger partial charge in [0.05, 0.1) is 10.9 Å². The number of halogens is 2. The molecule has 1 amide bonds. The molecular weight excluding hydrogens is 293 g/mol. The molecule has 0 bridgehead atoms. The number of rotatable bonds is 4. The summed E-state index contributed by atoms with van der Waals surface area (Å²) in [6.07, 6.45) is -0.138. The number of carboxylic acid groups (broad SMARTS) is 1. The van der Waals surface area contributed by atoms with E-state index in [-0.39, 0.29) is 23.0 Å². The Hall–Kier alpha value is -1.43. The third-order valence-corrected chi connectivity index (χ3v) is 2.82. The van der Waals surface area contributed by atoms with Crippen molar-refractivity contribution in [3.63, 3.8) is 0 Å². The number of carbonyl (C=O) groups is 2. The summed E-state index contributed by atoms with van der Waals surface area (Å²) in [4.78, 5) is 23.4. The van der Waals surface area contributed by atoms with Crippen LogP contribution in [0.3, 0.4) is 0 Å². The van der Waals surface area contributed by atoms with Gasteiger partial charge in [-0.05, 0) is 34.1 Å². The molecule has 0 radical (unpaired) electrons. The van der Waals surface area contributed by atoms with Crippen LogP contribution in [0.4, 0.5) is 4.39 Å². The van der Waals surface area contributed by atoms with Gasteiger partial charge in [-0.2, -0.15) is 0 Å². The lowest BCUT2D eigenvalue weighted by Crippen LogP contribution is -2.29. The minimum absolute atomic E-state index is 0.0891. The Balaban J connectivity index is 2.74. The molecule has 0 atom stereocenters. The summed E-state index contributed by atoms with van der Waals surface area (Å²) < 4.78 is 13.5. The van der Waals surface area contributed by atoms with Crippen LogP contribution < -0.4 is 0 Å². The molecule has 0 saturated carbocycles. The third kappa shape index (κ3) is 3.81. The number of hydrogen-bond acceptors (Lipinski definition) is 2. The molecule has 0 aliphatic carbocycles. The van der Waals surface area contributed by atoms with Gasteiger partial charge >= 0.3 is 5.97 Å². The van der Waals surface area contributed by atoms with Crippen LogP contribution in [0.5, 0.6) is 0 Å². The molecule has 0 aliphatic heterocycles. The number of benzene rings is 1. The van der Waals surface area contributed by atoms with Crippen LogP contribution >= 0.6 is 15.9 Å². The van der Waals surface area contributed by atoms with E-state index in [1.165, 1.54) is 24.1 Å². The molecule has 0 spiro atoms. The van der Waals surface area contributed by atoms with E-state index >= 15 is 0 Å². The molecule has 0 fully saturated rings. The highest BCUT2D eigenvalue weighted by Crippen LogP contribution is 2.17. The van der Waals surface area contributed by atoms with Crippen molar-refractivity contribution in [1.82, 2.24) is 4.90 Å². The highest BCUT2D eigenvalue weighted by atomic mass is 79.9. The molecule has 1 N–H and O–H groups in total. The van der Waals surface area contributed by atoms with E-state index in [1.807, 2.05) is 0 Å². The Morgan fingerprint density at radius 3 is 2.65 bits per heavy atom. The molecule has 92 valence electrons. The van der Waals surface area contributed by atoms with Crippen LogP contribution in [0.15, 0.2) is 22.7 Å². The zero-order valence-electron chi connectivity index (χ0n) is 9.11. The van der Waals surface area contributed by atoms with Crippen LogP contribution in [-0.4, -0.2) is 35.5 Å². The number of hydrogen-bond donors (Lipinski definition) is 1. The summed E-state index contributed by atoms with van der Waals surface area (Å²) in [6, 6.07) is 4.03. The number of amides is 1. The van der Waals surface area contributed by atoms with E-state index in [4.69, 9.17) is 5.11 Å². The second kappa shape index (κ2) is 5.77. The Labute approximate surface area is 106 Å². The monoisotopic (exact) mass is 303 g/mol. The van der Waals surface area contributed by atoms with Crippen molar-refractivity contribution in [3.05, 3.63) is 34.1 Å². The molecule has 4 nitrogen and oxygen atoms in total. The topological polar surface area (TPSA) is 57.6 Å². The van der Waals surface area contributed by atoms with Crippen LogP contribution in [0.2, 0.25) is 0 Å². The first kappa shape index (κ1) is 13.6. The lowest BCUT2D eigenvalue weighted by molar-refractivity contribution is -0.137. The first-order chi connectivity index (χ1) is 7.91. The second-order valence-corrected chi connectivity index (χ2v) is 4.35. The highest BCUT2D eigenvalue weighted by Gasteiger charge is 2.14. The van der Waals surface area contributed by atoms with E-state index in [9.17, 15) is 14.0 Å². The number of nitrogens with zero attached hydrogens (tertiary/aromatic N) is 1. The van der Waals surface area contributed by atoms with Gasteiger partial charge in [0.1, 0.15) is 5.82 Å². The summed E-state index contributed by atoms with van der Waals surface area (Å²) in [5.41, 5.74) is 0.193. The molecule has 0 saturated heterocycles. The average Bonchev–Trinajstić information content (AvgIpc) is 2.28. The summed E-state index contributed by atoms with van der Waals surface area (Å²) in [7, 11) is 1.48. The van der Waals surface area contributed by atoms with E-state index in [0.717, 1.165) is 6.07 Å². The Bertz CT molecular complexity index is 450. The number of aliphatic carboxylic acids is 1. The van der Waals surface area contributed by atoms with E-state index in [1.54, 1.807) is 0 Å². The maximum atomic E-state index is 13.2. The smallest absolute Gasteiger partial charge is 0.305 e. The quantitative estimate of drug-likeness (QED) is 0.927. The minimum atomic E-state index is -0.980. The maximum absolute atomic E-state index is 13.2. The number of carboxylic acids is 1. The van der Waals surface area contributed by atoms with E-state index in [0.29, 0.717) is 0 Å². The molecule has 17 heavy (non-hydrogen) atoms. The van der Waals surface area contributed by atoms with Crippen LogP contribution in [0.1, 0.15) is 16.8 Å². The summed E-state index contributed by atoms with van der Waals surface area (Å²) in [5.74, 6) is -1.91. The molecule has 1 aromatic carbocycles. The van der Waals surface area contributed by atoms with Crippen LogP contribution in [0.25, 0.3) is 0 Å². The van der Waals surface area contributed by atoms with Crippen molar-refractivity contribution in [2.24, 2.45) is 0 Å². The van der Waals surface area contributed by atoms with E-state index in [2.05, 4.69) is 15.9 Å². The van der Waals surface area contributed by atoms with Crippen molar-refractivity contribution < 1.29 is 19.1 Å². The molecular formula is C11H11BrFNO3. The van der Waals surface area contributed by atoms with Crippen molar-refractivity contribution in [2.75, 3.05) is 13.6 Å². The minimum Gasteiger partial charge on any atom is -0.481 e. The third-order valence-electron chi connectivity index (χ3n) is 2.17. The molecule has 1 aromatic rings. The van der Waals surface area contributed by atoms with Crippen molar-refractivity contribution >= 4 is 27.8 Å². The van der Waals surface area contributed by atoms with Gasteiger partial charge < -0.3 is 10.0 Å². The first-order valence-electron chi connectivity index (χ1n) is 4.84. The Kier molecular flexibility index (Phi) is 4.62. The van der Waals surface area contributed by atoms with Crippen LogP contribution in [0, 0.1) is 5.82 Å². The average molecular weight is 304 g/mol. The SMILES string of the molecule is CN(CCC(=O)O)C(=O)c1ccc(Br)c(F)c1. The fourth-order valence-electron chi connectivity index (χ4n) is 1.21. The molecule has 6 heteroatoms. The Morgan fingerprint density at radius 1 is 1.47 bits per heavy atom. The predicted molar refractivity (Wildman–Crippen MR) is 63.3 cm³/mol. The molecule has 1 rings (SSSR count). The standard InChI is InChI=1S/C11H11BrFNO3/c1-14(5-4-10(15)16)11(17)7-2-3-8(12)9(13)6-7/h2-3,6H,4-5H2,1H3,(H,15,16). The van der Waals surface area contributed by atoms with Gasteiger partial charge in [0.25, 0.3) is 5.91 Å². The predicted octanol–water partition coefficient (Wildman–Crippen LogP) is 2.13. The second-order valence-electron chi connectivity index (χ2n) is 3.50. The zero-order chi connectivity index (χ0) is 13.0. The number of carbonyl (C=O) groups excluding carboxylic acids is 1. The van der Waals surface area contributed by atoms with Crippen LogP contribution in [-0.2, 0) is 4.79 Å².